The van der Waals surface area contributed by atoms with E-state index in [2.05, 4.69) is 20.8 Å². The van der Waals surface area contributed by atoms with Gasteiger partial charge in [-0.15, -0.1) is 5.10 Å². The molecule has 1 aromatic heterocycles. The van der Waals surface area contributed by atoms with E-state index in [9.17, 15) is 9.59 Å². The highest BCUT2D eigenvalue weighted by Crippen LogP contribution is 2.20. The zero-order chi connectivity index (χ0) is 20.8. The van der Waals surface area contributed by atoms with Crippen molar-refractivity contribution in [3.05, 3.63) is 54.1 Å². The van der Waals surface area contributed by atoms with Crippen molar-refractivity contribution in [3.63, 3.8) is 0 Å². The van der Waals surface area contributed by atoms with Crippen LogP contribution in [0.15, 0.2) is 53.7 Å². The Morgan fingerprint density at radius 2 is 1.79 bits per heavy atom. The quantitative estimate of drug-likeness (QED) is 0.593. The molecule has 0 spiro atoms. The van der Waals surface area contributed by atoms with Crippen LogP contribution in [0.5, 0.6) is 5.75 Å². The van der Waals surface area contributed by atoms with Crippen LogP contribution in [0.1, 0.15) is 10.4 Å². The molecule has 1 N–H and O–H groups in total. The molecule has 150 valence electrons. The van der Waals surface area contributed by atoms with Crippen LogP contribution in [0.2, 0.25) is 0 Å². The first-order chi connectivity index (χ1) is 14.0. The second-order valence-electron chi connectivity index (χ2n) is 6.19. The minimum atomic E-state index is -0.203. The summed E-state index contributed by atoms with van der Waals surface area (Å²) in [4.78, 5) is 25.7. The highest BCUT2D eigenvalue weighted by atomic mass is 32.2. The molecule has 0 aliphatic carbocycles. The topological polar surface area (TPSA) is 102 Å². The van der Waals surface area contributed by atoms with Gasteiger partial charge in [0, 0.05) is 25.3 Å². The van der Waals surface area contributed by atoms with Crippen molar-refractivity contribution in [1.82, 2.24) is 25.1 Å². The highest BCUT2D eigenvalue weighted by Gasteiger charge is 2.13. The fourth-order valence-electron chi connectivity index (χ4n) is 2.44. The van der Waals surface area contributed by atoms with E-state index < -0.39 is 0 Å². The number of hydrogen-bond donors (Lipinski definition) is 1. The van der Waals surface area contributed by atoms with Gasteiger partial charge in [0.25, 0.3) is 5.91 Å². The van der Waals surface area contributed by atoms with E-state index in [-0.39, 0.29) is 17.6 Å². The summed E-state index contributed by atoms with van der Waals surface area (Å²) in [6, 6.07) is 14.0. The van der Waals surface area contributed by atoms with E-state index in [0.29, 0.717) is 16.4 Å². The maximum absolute atomic E-state index is 12.3. The normalized spacial score (nSPS) is 10.4. The van der Waals surface area contributed by atoms with Gasteiger partial charge < -0.3 is 15.0 Å². The molecule has 3 rings (SSSR count). The number of ether oxygens (including phenoxy) is 1. The number of anilines is 1. The second-order valence-corrected chi connectivity index (χ2v) is 7.13. The largest absolute Gasteiger partial charge is 0.497 e. The smallest absolute Gasteiger partial charge is 0.253 e. The molecular formula is C19H20N6O3S. The van der Waals surface area contributed by atoms with E-state index in [1.807, 2.05) is 24.3 Å². The van der Waals surface area contributed by atoms with Gasteiger partial charge in [-0.25, -0.2) is 0 Å². The summed E-state index contributed by atoms with van der Waals surface area (Å²) in [6.45, 7) is 0. The van der Waals surface area contributed by atoms with Crippen LogP contribution in [-0.2, 0) is 4.79 Å². The highest BCUT2D eigenvalue weighted by molar-refractivity contribution is 7.99. The molecule has 2 aromatic carbocycles. The molecule has 0 saturated heterocycles. The summed E-state index contributed by atoms with van der Waals surface area (Å²) in [7, 11) is 4.98. The third-order valence-corrected chi connectivity index (χ3v) is 4.83. The van der Waals surface area contributed by atoms with Crippen molar-refractivity contribution in [2.45, 2.75) is 5.16 Å². The average molecular weight is 412 g/mol. The predicted octanol–water partition coefficient (Wildman–Crippen LogP) is 2.10. The van der Waals surface area contributed by atoms with Gasteiger partial charge >= 0.3 is 0 Å². The molecule has 0 saturated carbocycles. The fraction of sp³-hybridized carbons (Fsp3) is 0.211. The Morgan fingerprint density at radius 3 is 2.41 bits per heavy atom. The number of amides is 2. The van der Waals surface area contributed by atoms with E-state index in [0.717, 1.165) is 11.4 Å². The Hall–Kier alpha value is -3.40. The van der Waals surface area contributed by atoms with Gasteiger partial charge in [0.2, 0.25) is 11.1 Å². The molecule has 0 aliphatic rings. The molecule has 29 heavy (non-hydrogen) atoms. The second kappa shape index (κ2) is 9.20. The molecule has 0 aliphatic heterocycles. The number of methoxy groups -OCH3 is 1. The van der Waals surface area contributed by atoms with Gasteiger partial charge in [-0.05, 0) is 59.0 Å². The van der Waals surface area contributed by atoms with Gasteiger partial charge in [-0.1, -0.05) is 11.8 Å². The lowest BCUT2D eigenvalue weighted by molar-refractivity contribution is -0.113. The van der Waals surface area contributed by atoms with Crippen LogP contribution in [0.25, 0.3) is 5.69 Å². The van der Waals surface area contributed by atoms with Crippen LogP contribution < -0.4 is 10.1 Å². The molecule has 1 heterocycles. The van der Waals surface area contributed by atoms with Crippen LogP contribution >= 0.6 is 11.8 Å². The van der Waals surface area contributed by atoms with Crippen LogP contribution in [0.3, 0.4) is 0 Å². The number of benzene rings is 2. The standard InChI is InChI=1S/C19H20N6O3S/c1-24(2)18(27)13-4-6-14(7-5-13)20-17(26)12-29-19-21-22-23-25(19)15-8-10-16(28-3)11-9-15/h4-11H,12H2,1-3H3,(H,20,26). The molecule has 2 amide bonds. The monoisotopic (exact) mass is 412 g/mol. The summed E-state index contributed by atoms with van der Waals surface area (Å²) in [5.41, 5.74) is 1.93. The third-order valence-electron chi connectivity index (χ3n) is 3.91. The molecule has 3 aromatic rings. The van der Waals surface area contributed by atoms with Crippen molar-refractivity contribution in [2.75, 3.05) is 32.3 Å². The molecular weight excluding hydrogens is 392 g/mol. The lowest BCUT2D eigenvalue weighted by Crippen LogP contribution is -2.21. The summed E-state index contributed by atoms with van der Waals surface area (Å²) >= 11 is 1.22. The molecule has 0 fully saturated rings. The van der Waals surface area contributed by atoms with Gasteiger partial charge in [0.15, 0.2) is 0 Å². The lowest BCUT2D eigenvalue weighted by atomic mass is 10.2. The Kier molecular flexibility index (Phi) is 6.45. The maximum Gasteiger partial charge on any atom is 0.253 e. The van der Waals surface area contributed by atoms with Crippen molar-refractivity contribution in [3.8, 4) is 11.4 Å². The number of nitrogens with zero attached hydrogens (tertiary/aromatic N) is 5. The number of carbonyl (C=O) groups is 2. The molecule has 0 radical (unpaired) electrons. The van der Waals surface area contributed by atoms with Gasteiger partial charge in [0.05, 0.1) is 18.6 Å². The number of tetrazole rings is 1. The third kappa shape index (κ3) is 5.11. The van der Waals surface area contributed by atoms with Crippen molar-refractivity contribution >= 4 is 29.3 Å². The Morgan fingerprint density at radius 1 is 1.10 bits per heavy atom. The predicted molar refractivity (Wildman–Crippen MR) is 110 cm³/mol. The van der Waals surface area contributed by atoms with Crippen molar-refractivity contribution in [1.29, 1.82) is 0 Å². The summed E-state index contributed by atoms with van der Waals surface area (Å²) < 4.78 is 6.70. The van der Waals surface area contributed by atoms with Gasteiger partial charge in [-0.2, -0.15) is 4.68 Å². The minimum Gasteiger partial charge on any atom is -0.497 e. The zero-order valence-corrected chi connectivity index (χ0v) is 17.0. The number of aromatic nitrogens is 4. The first kappa shape index (κ1) is 20.3. The lowest BCUT2D eigenvalue weighted by Gasteiger charge is -2.11. The summed E-state index contributed by atoms with van der Waals surface area (Å²) in [5, 5.41) is 14.9. The first-order valence-electron chi connectivity index (χ1n) is 8.65. The summed E-state index contributed by atoms with van der Waals surface area (Å²) in [6.07, 6.45) is 0. The summed E-state index contributed by atoms with van der Waals surface area (Å²) in [5.74, 6) is 0.568. The number of carbonyl (C=O) groups excluding carboxylic acids is 2. The molecule has 0 unspecified atom stereocenters. The average Bonchev–Trinajstić information content (AvgIpc) is 3.21. The van der Waals surface area contributed by atoms with Crippen LogP contribution in [0.4, 0.5) is 5.69 Å². The van der Waals surface area contributed by atoms with E-state index in [4.69, 9.17) is 4.74 Å². The van der Waals surface area contributed by atoms with Crippen molar-refractivity contribution in [2.24, 2.45) is 0 Å². The Labute approximate surface area is 172 Å². The van der Waals surface area contributed by atoms with E-state index in [1.54, 1.807) is 50.2 Å². The van der Waals surface area contributed by atoms with Gasteiger partial charge in [0.1, 0.15) is 5.75 Å². The number of hydrogen-bond acceptors (Lipinski definition) is 7. The van der Waals surface area contributed by atoms with E-state index in [1.165, 1.54) is 16.7 Å². The maximum atomic E-state index is 12.3. The fourth-order valence-corrected chi connectivity index (χ4v) is 3.13. The minimum absolute atomic E-state index is 0.0937. The number of rotatable bonds is 7. The zero-order valence-electron chi connectivity index (χ0n) is 16.2. The first-order valence-corrected chi connectivity index (χ1v) is 9.63. The Balaban J connectivity index is 1.59. The molecule has 10 heteroatoms. The Bertz CT molecular complexity index is 986. The number of nitrogens with one attached hydrogen (secondary N) is 1. The molecule has 0 bridgehead atoms. The van der Waals surface area contributed by atoms with Crippen LogP contribution in [-0.4, -0.2) is 63.9 Å². The SMILES string of the molecule is COc1ccc(-n2nnnc2SCC(=O)Nc2ccc(C(=O)N(C)C)cc2)cc1. The van der Waals surface area contributed by atoms with Crippen LogP contribution in [0, 0.1) is 0 Å². The molecule has 9 nitrogen and oxygen atoms in total. The van der Waals surface area contributed by atoms with E-state index >= 15 is 0 Å². The molecule has 0 atom stereocenters. The van der Waals surface area contributed by atoms with Gasteiger partial charge in [-0.3, -0.25) is 9.59 Å². The number of thioether (sulfide) groups is 1. The van der Waals surface area contributed by atoms with Crippen molar-refractivity contribution < 1.29 is 14.3 Å².